The molecule has 4 rings (SSSR count). The van der Waals surface area contributed by atoms with Gasteiger partial charge in [0.2, 0.25) is 0 Å². The molecule has 0 N–H and O–H groups in total. The Bertz CT molecular complexity index is 929. The zero-order chi connectivity index (χ0) is 22.0. The molecule has 0 amide bonds. The number of rotatable bonds is 6. The van der Waals surface area contributed by atoms with Crippen LogP contribution < -0.4 is 9.64 Å². The molecule has 1 spiro atoms. The van der Waals surface area contributed by atoms with E-state index in [9.17, 15) is 14.5 Å². The molecule has 2 aliphatic heterocycles. The third kappa shape index (κ3) is 4.37. The maximum absolute atomic E-state index is 12.7. The molecule has 168 valence electrons. The van der Waals surface area contributed by atoms with Gasteiger partial charge in [-0.15, -0.1) is 0 Å². The van der Waals surface area contributed by atoms with E-state index in [4.69, 9.17) is 4.74 Å². The first-order chi connectivity index (χ1) is 14.9. The fraction of sp³-hybridized carbons (Fsp3) is 0.591. The third-order valence-corrected chi connectivity index (χ3v) is 6.99. The molecule has 2 aromatic rings. The molecule has 0 saturated carbocycles. The lowest BCUT2D eigenvalue weighted by atomic mass is 9.71. The number of anilines is 1. The van der Waals surface area contributed by atoms with Crippen LogP contribution >= 0.6 is 0 Å². The molecule has 2 aliphatic rings. The van der Waals surface area contributed by atoms with Gasteiger partial charge in [0.25, 0.3) is 0 Å². The largest absolute Gasteiger partial charge is 0.490 e. The summed E-state index contributed by atoms with van der Waals surface area (Å²) in [5.74, 6) is 0.271. The summed E-state index contributed by atoms with van der Waals surface area (Å²) in [5, 5.41) is 15.8. The first-order valence-corrected chi connectivity index (χ1v) is 10.8. The lowest BCUT2D eigenvalue weighted by Gasteiger charge is -2.47. The Balaban J connectivity index is 1.59. The summed E-state index contributed by atoms with van der Waals surface area (Å²) in [4.78, 5) is 15.7. The summed E-state index contributed by atoms with van der Waals surface area (Å²) in [5.41, 5.74) is 2.87. The van der Waals surface area contributed by atoms with Crippen LogP contribution in [0.3, 0.4) is 0 Å². The van der Waals surface area contributed by atoms with E-state index in [0.29, 0.717) is 12.0 Å². The van der Waals surface area contributed by atoms with Crippen LogP contribution in [0, 0.1) is 15.5 Å². The van der Waals surface area contributed by atoms with Gasteiger partial charge in [-0.2, -0.15) is 5.10 Å². The monoisotopic (exact) mass is 431 g/mol. The number of halogens is 1. The predicted octanol–water partition coefficient (Wildman–Crippen LogP) is 3.66. The molecular formula is C22H30FN5O3. The molecule has 0 aliphatic carbocycles. The van der Waals surface area contributed by atoms with E-state index in [2.05, 4.69) is 14.9 Å². The van der Waals surface area contributed by atoms with Crippen molar-refractivity contribution in [1.82, 2.24) is 14.7 Å². The van der Waals surface area contributed by atoms with Gasteiger partial charge in [0.05, 0.1) is 18.2 Å². The van der Waals surface area contributed by atoms with Crippen LogP contribution in [0.1, 0.15) is 25.7 Å². The average Bonchev–Trinajstić information content (AvgIpc) is 3.21. The summed E-state index contributed by atoms with van der Waals surface area (Å²) in [6.45, 7) is 3.97. The molecule has 1 aromatic heterocycles. The maximum atomic E-state index is 12.7. The van der Waals surface area contributed by atoms with Crippen LogP contribution in [-0.2, 0) is 7.05 Å². The quantitative estimate of drug-likeness (QED) is 0.513. The second-order valence-corrected chi connectivity index (χ2v) is 8.72. The number of nitro groups is 1. The number of likely N-dealkylation sites (tertiary alicyclic amines) is 1. The minimum atomic E-state index is -0.404. The Morgan fingerprint density at radius 2 is 1.87 bits per heavy atom. The summed E-state index contributed by atoms with van der Waals surface area (Å²) >= 11 is 0. The number of aromatic nitrogens is 2. The number of piperidine rings is 2. The fourth-order valence-corrected chi connectivity index (χ4v) is 5.01. The average molecular weight is 432 g/mol. The Morgan fingerprint density at radius 1 is 1.19 bits per heavy atom. The van der Waals surface area contributed by atoms with Gasteiger partial charge in [0.1, 0.15) is 6.67 Å². The molecule has 9 heteroatoms. The van der Waals surface area contributed by atoms with Crippen molar-refractivity contribution in [2.24, 2.45) is 12.5 Å². The highest BCUT2D eigenvalue weighted by Gasteiger charge is 2.38. The molecule has 2 fully saturated rings. The van der Waals surface area contributed by atoms with E-state index >= 15 is 0 Å². The minimum absolute atomic E-state index is 0.0428. The lowest BCUT2D eigenvalue weighted by molar-refractivity contribution is -0.385. The van der Waals surface area contributed by atoms with Crippen LogP contribution in [0.2, 0.25) is 0 Å². The molecule has 0 bridgehead atoms. The Morgan fingerprint density at radius 3 is 2.42 bits per heavy atom. The zero-order valence-corrected chi connectivity index (χ0v) is 18.2. The van der Waals surface area contributed by atoms with Gasteiger partial charge in [-0.3, -0.25) is 14.8 Å². The predicted molar refractivity (Wildman–Crippen MR) is 117 cm³/mol. The molecule has 1 aromatic carbocycles. The Hall–Kier alpha value is -2.68. The second kappa shape index (κ2) is 8.82. The smallest absolute Gasteiger partial charge is 0.311 e. The first kappa shape index (κ1) is 21.5. The number of aryl methyl sites for hydroxylation is 1. The van der Waals surface area contributed by atoms with Crippen molar-refractivity contribution in [3.8, 4) is 16.9 Å². The summed E-state index contributed by atoms with van der Waals surface area (Å²) in [6.07, 6.45) is 7.98. The van der Waals surface area contributed by atoms with Gasteiger partial charge in [-0.25, -0.2) is 4.39 Å². The van der Waals surface area contributed by atoms with Crippen molar-refractivity contribution >= 4 is 11.4 Å². The lowest BCUT2D eigenvalue weighted by Crippen LogP contribution is -2.47. The third-order valence-electron chi connectivity index (χ3n) is 6.99. The van der Waals surface area contributed by atoms with Crippen LogP contribution in [0.4, 0.5) is 15.8 Å². The number of nitro benzene ring substituents is 1. The SMILES string of the molecule is COc1cc(N2CCC3(CCN(CCF)CC3)CC2)c(-c2cnn(C)c2)cc1[N+](=O)[O-]. The van der Waals surface area contributed by atoms with E-state index in [0.717, 1.165) is 68.7 Å². The fourth-order valence-electron chi connectivity index (χ4n) is 5.01. The van der Waals surface area contributed by atoms with Crippen molar-refractivity contribution in [3.63, 3.8) is 0 Å². The molecular weight excluding hydrogens is 401 g/mol. The van der Waals surface area contributed by atoms with Crippen LogP contribution in [-0.4, -0.2) is 66.1 Å². The summed E-state index contributed by atoms with van der Waals surface area (Å²) in [7, 11) is 3.30. The normalized spacial score (nSPS) is 19.0. The van der Waals surface area contributed by atoms with Crippen LogP contribution in [0.25, 0.3) is 11.1 Å². The topological polar surface area (TPSA) is 76.7 Å². The highest BCUT2D eigenvalue weighted by Crippen LogP contribution is 2.45. The number of nitrogens with zero attached hydrogens (tertiary/aromatic N) is 5. The van der Waals surface area contributed by atoms with Crippen molar-refractivity contribution in [3.05, 3.63) is 34.6 Å². The van der Waals surface area contributed by atoms with Gasteiger partial charge >= 0.3 is 5.69 Å². The summed E-state index contributed by atoms with van der Waals surface area (Å²) < 4.78 is 19.7. The van der Waals surface area contributed by atoms with E-state index in [-0.39, 0.29) is 18.1 Å². The standard InChI is InChI=1S/C22H30FN5O3/c1-25-16-17(15-24-25)18-13-20(28(29)30)21(31-2)14-19(18)27-10-5-22(6-11-27)3-8-26(9-4-22)12-7-23/h13-16H,3-12H2,1-2H3. The number of benzene rings is 1. The Kier molecular flexibility index (Phi) is 6.13. The minimum Gasteiger partial charge on any atom is -0.490 e. The first-order valence-electron chi connectivity index (χ1n) is 10.8. The van der Waals surface area contributed by atoms with E-state index < -0.39 is 4.92 Å². The van der Waals surface area contributed by atoms with Crippen molar-refractivity contribution in [2.45, 2.75) is 25.7 Å². The van der Waals surface area contributed by atoms with Gasteiger partial charge in [-0.1, -0.05) is 0 Å². The van der Waals surface area contributed by atoms with Gasteiger partial charge in [0.15, 0.2) is 5.75 Å². The Labute approximate surface area is 181 Å². The highest BCUT2D eigenvalue weighted by molar-refractivity contribution is 5.82. The summed E-state index contributed by atoms with van der Waals surface area (Å²) in [6, 6.07) is 3.40. The van der Waals surface area contributed by atoms with Crippen molar-refractivity contribution < 1.29 is 14.1 Å². The maximum Gasteiger partial charge on any atom is 0.311 e. The molecule has 8 nitrogen and oxygen atoms in total. The van der Waals surface area contributed by atoms with E-state index in [1.807, 2.05) is 13.2 Å². The molecule has 2 saturated heterocycles. The molecule has 0 radical (unpaired) electrons. The highest BCUT2D eigenvalue weighted by atomic mass is 19.1. The number of hydrogen-bond acceptors (Lipinski definition) is 6. The zero-order valence-electron chi connectivity index (χ0n) is 18.2. The van der Waals surface area contributed by atoms with E-state index in [1.54, 1.807) is 23.0 Å². The van der Waals surface area contributed by atoms with E-state index in [1.165, 1.54) is 7.11 Å². The van der Waals surface area contributed by atoms with Gasteiger partial charge < -0.3 is 14.5 Å². The number of methoxy groups -OCH3 is 1. The van der Waals surface area contributed by atoms with Gasteiger partial charge in [-0.05, 0) is 44.2 Å². The molecule has 0 unspecified atom stereocenters. The van der Waals surface area contributed by atoms with Crippen LogP contribution in [0.15, 0.2) is 24.5 Å². The molecule has 0 atom stereocenters. The number of ether oxygens (including phenoxy) is 1. The number of alkyl halides is 1. The van der Waals surface area contributed by atoms with Crippen molar-refractivity contribution in [2.75, 3.05) is 51.4 Å². The molecule has 31 heavy (non-hydrogen) atoms. The second-order valence-electron chi connectivity index (χ2n) is 8.72. The van der Waals surface area contributed by atoms with Crippen molar-refractivity contribution in [1.29, 1.82) is 0 Å². The van der Waals surface area contributed by atoms with Crippen LogP contribution in [0.5, 0.6) is 5.75 Å². The molecule has 3 heterocycles. The number of hydrogen-bond donors (Lipinski definition) is 0. The van der Waals surface area contributed by atoms with Gasteiger partial charge in [0, 0.05) is 61.8 Å².